The summed E-state index contributed by atoms with van der Waals surface area (Å²) in [6.45, 7) is 6.87. The Balaban J connectivity index is 2.09. The van der Waals surface area contributed by atoms with Gasteiger partial charge in [0.2, 0.25) is 17.8 Å². The fraction of sp³-hybridized carbons (Fsp3) is 0.786. The van der Waals surface area contributed by atoms with Crippen molar-refractivity contribution in [1.29, 1.82) is 0 Å². The summed E-state index contributed by atoms with van der Waals surface area (Å²) in [5.74, 6) is 1.37. The second-order valence-corrected chi connectivity index (χ2v) is 5.73. The molecule has 1 aliphatic rings. The summed E-state index contributed by atoms with van der Waals surface area (Å²) in [5, 5.41) is 12.8. The van der Waals surface area contributed by atoms with Gasteiger partial charge in [-0.2, -0.15) is 15.0 Å². The molecule has 0 aromatic carbocycles. The van der Waals surface area contributed by atoms with Crippen LogP contribution in [0.2, 0.25) is 0 Å². The summed E-state index contributed by atoms with van der Waals surface area (Å²) in [5.41, 5.74) is 5.64. The van der Waals surface area contributed by atoms with Gasteiger partial charge < -0.3 is 21.1 Å². The van der Waals surface area contributed by atoms with Crippen molar-refractivity contribution < 1.29 is 5.11 Å². The maximum atomic E-state index is 9.61. The van der Waals surface area contributed by atoms with Crippen molar-refractivity contribution in [2.75, 3.05) is 42.2 Å². The molecule has 0 atom stereocenters. The zero-order chi connectivity index (χ0) is 15.3. The summed E-state index contributed by atoms with van der Waals surface area (Å²) in [4.78, 5) is 14.9. The van der Waals surface area contributed by atoms with Gasteiger partial charge >= 0.3 is 0 Å². The van der Waals surface area contributed by atoms with Crippen LogP contribution in [-0.2, 0) is 0 Å². The predicted molar refractivity (Wildman–Crippen MR) is 84.3 cm³/mol. The molecule has 1 saturated heterocycles. The molecule has 0 saturated carbocycles. The number of aliphatic hydroxyl groups is 1. The third-order valence-electron chi connectivity index (χ3n) is 4.49. The minimum atomic E-state index is -0.144. The minimum Gasteiger partial charge on any atom is -0.396 e. The number of hydrogen-bond donors (Lipinski definition) is 3. The summed E-state index contributed by atoms with van der Waals surface area (Å²) >= 11 is 0. The number of aliphatic hydroxyl groups excluding tert-OH is 1. The van der Waals surface area contributed by atoms with Gasteiger partial charge in [-0.25, -0.2) is 0 Å². The Bertz CT molecular complexity index is 449. The molecule has 0 radical (unpaired) electrons. The molecule has 1 aromatic heterocycles. The van der Waals surface area contributed by atoms with Gasteiger partial charge in [0.1, 0.15) is 0 Å². The third kappa shape index (κ3) is 3.72. The molecule has 2 heterocycles. The van der Waals surface area contributed by atoms with Gasteiger partial charge in [-0.15, -0.1) is 0 Å². The highest BCUT2D eigenvalue weighted by molar-refractivity contribution is 5.42. The highest BCUT2D eigenvalue weighted by Crippen LogP contribution is 2.26. The number of aromatic nitrogens is 3. The molecule has 1 aliphatic heterocycles. The van der Waals surface area contributed by atoms with Crippen molar-refractivity contribution >= 4 is 17.8 Å². The fourth-order valence-electron chi connectivity index (χ4n) is 2.56. The van der Waals surface area contributed by atoms with Crippen molar-refractivity contribution in [3.05, 3.63) is 0 Å². The Labute approximate surface area is 126 Å². The molecule has 21 heavy (non-hydrogen) atoms. The number of rotatable bonds is 7. The molecule has 0 bridgehead atoms. The molecule has 4 N–H and O–H groups in total. The number of anilines is 3. The molecular weight excluding hydrogens is 268 g/mol. The number of nitrogen functional groups attached to an aromatic ring is 1. The first kappa shape index (κ1) is 15.8. The van der Waals surface area contributed by atoms with Crippen LogP contribution in [0.1, 0.15) is 39.5 Å². The van der Waals surface area contributed by atoms with Gasteiger partial charge in [0.15, 0.2) is 0 Å². The van der Waals surface area contributed by atoms with Gasteiger partial charge in [-0.05, 0) is 25.7 Å². The van der Waals surface area contributed by atoms with E-state index in [1.807, 2.05) is 0 Å². The molecular formula is C14H26N6O. The van der Waals surface area contributed by atoms with Crippen molar-refractivity contribution in [2.45, 2.75) is 39.5 Å². The number of nitrogens with one attached hydrogen (secondary N) is 1. The van der Waals surface area contributed by atoms with E-state index < -0.39 is 0 Å². The Kier molecular flexibility index (Phi) is 5.17. The molecule has 0 aliphatic carbocycles. The first-order valence-corrected chi connectivity index (χ1v) is 7.73. The summed E-state index contributed by atoms with van der Waals surface area (Å²) in [6.07, 6.45) is 4.11. The van der Waals surface area contributed by atoms with Crippen LogP contribution in [0.3, 0.4) is 0 Å². The molecule has 2 rings (SSSR count). The number of hydrogen-bond acceptors (Lipinski definition) is 7. The van der Waals surface area contributed by atoms with E-state index in [0.29, 0.717) is 18.4 Å². The van der Waals surface area contributed by atoms with Crippen LogP contribution in [-0.4, -0.2) is 46.3 Å². The molecule has 7 nitrogen and oxygen atoms in total. The summed E-state index contributed by atoms with van der Waals surface area (Å²) < 4.78 is 0. The van der Waals surface area contributed by atoms with Gasteiger partial charge in [0.25, 0.3) is 0 Å². The minimum absolute atomic E-state index is 0.144. The van der Waals surface area contributed by atoms with Crippen molar-refractivity contribution in [1.82, 2.24) is 15.0 Å². The van der Waals surface area contributed by atoms with E-state index in [1.54, 1.807) is 0 Å². The quantitative estimate of drug-likeness (QED) is 0.696. The van der Waals surface area contributed by atoms with E-state index in [4.69, 9.17) is 5.73 Å². The molecule has 118 valence electrons. The maximum Gasteiger partial charge on any atom is 0.231 e. The van der Waals surface area contributed by atoms with E-state index in [-0.39, 0.29) is 18.0 Å². The molecule has 1 fully saturated rings. The van der Waals surface area contributed by atoms with Crippen molar-refractivity contribution in [3.8, 4) is 0 Å². The highest BCUT2D eigenvalue weighted by Gasteiger charge is 2.25. The van der Waals surface area contributed by atoms with Crippen LogP contribution < -0.4 is 16.0 Å². The molecule has 0 unspecified atom stereocenters. The van der Waals surface area contributed by atoms with Crippen LogP contribution in [0.4, 0.5) is 17.8 Å². The predicted octanol–water partition coefficient (Wildman–Crippen LogP) is 1.26. The van der Waals surface area contributed by atoms with E-state index in [1.165, 1.54) is 0 Å². The van der Waals surface area contributed by atoms with E-state index in [0.717, 1.165) is 38.8 Å². The van der Waals surface area contributed by atoms with E-state index in [9.17, 15) is 5.11 Å². The topological polar surface area (TPSA) is 100 Å². The molecule has 1 aromatic rings. The van der Waals surface area contributed by atoms with Crippen LogP contribution >= 0.6 is 0 Å². The SMILES string of the molecule is CCC(CC)(CO)CNc1nc(N)nc(N2CCCC2)n1. The monoisotopic (exact) mass is 294 g/mol. The second-order valence-electron chi connectivity index (χ2n) is 5.73. The van der Waals surface area contributed by atoms with Gasteiger partial charge in [-0.3, -0.25) is 0 Å². The molecule has 0 amide bonds. The van der Waals surface area contributed by atoms with Crippen LogP contribution in [0.5, 0.6) is 0 Å². The Hall–Kier alpha value is -1.63. The second kappa shape index (κ2) is 6.89. The van der Waals surface area contributed by atoms with E-state index >= 15 is 0 Å². The first-order valence-electron chi connectivity index (χ1n) is 7.73. The average molecular weight is 294 g/mol. The highest BCUT2D eigenvalue weighted by atomic mass is 16.3. The maximum absolute atomic E-state index is 9.61. The van der Waals surface area contributed by atoms with Gasteiger partial charge in [0.05, 0.1) is 6.61 Å². The van der Waals surface area contributed by atoms with Crippen LogP contribution in [0.15, 0.2) is 0 Å². The smallest absolute Gasteiger partial charge is 0.231 e. The number of nitrogens with zero attached hydrogens (tertiary/aromatic N) is 4. The van der Waals surface area contributed by atoms with Crippen LogP contribution in [0, 0.1) is 5.41 Å². The lowest BCUT2D eigenvalue weighted by atomic mass is 9.83. The standard InChI is InChI=1S/C14H26N6O/c1-3-14(4-2,10-21)9-16-12-17-11(15)18-13(19-12)20-7-5-6-8-20/h21H,3-10H2,1-2H3,(H3,15,16,17,18,19). The number of nitrogens with two attached hydrogens (primary N) is 1. The van der Waals surface area contributed by atoms with Crippen molar-refractivity contribution in [2.24, 2.45) is 5.41 Å². The van der Waals surface area contributed by atoms with Gasteiger partial charge in [-0.1, -0.05) is 13.8 Å². The molecule has 7 heteroatoms. The Morgan fingerprint density at radius 3 is 2.43 bits per heavy atom. The summed E-state index contributed by atoms with van der Waals surface area (Å²) in [6, 6.07) is 0. The lowest BCUT2D eigenvalue weighted by molar-refractivity contribution is 0.127. The van der Waals surface area contributed by atoms with Crippen LogP contribution in [0.25, 0.3) is 0 Å². The van der Waals surface area contributed by atoms with Gasteiger partial charge in [0, 0.05) is 25.0 Å². The zero-order valence-corrected chi connectivity index (χ0v) is 13.0. The Morgan fingerprint density at radius 1 is 1.19 bits per heavy atom. The first-order chi connectivity index (χ1) is 10.1. The van der Waals surface area contributed by atoms with E-state index in [2.05, 4.69) is 39.0 Å². The normalized spacial score (nSPS) is 15.5. The average Bonchev–Trinajstić information content (AvgIpc) is 3.03. The fourth-order valence-corrected chi connectivity index (χ4v) is 2.56. The Morgan fingerprint density at radius 2 is 1.86 bits per heavy atom. The zero-order valence-electron chi connectivity index (χ0n) is 13.0. The largest absolute Gasteiger partial charge is 0.396 e. The summed E-state index contributed by atoms with van der Waals surface area (Å²) in [7, 11) is 0. The molecule has 0 spiro atoms. The van der Waals surface area contributed by atoms with Crippen molar-refractivity contribution in [3.63, 3.8) is 0 Å². The third-order valence-corrected chi connectivity index (χ3v) is 4.49. The lowest BCUT2D eigenvalue weighted by Crippen LogP contribution is -2.33. The lowest BCUT2D eigenvalue weighted by Gasteiger charge is -2.29.